The van der Waals surface area contributed by atoms with Gasteiger partial charge in [0.15, 0.2) is 5.82 Å². The van der Waals surface area contributed by atoms with E-state index in [1.165, 1.54) is 32.4 Å². The van der Waals surface area contributed by atoms with E-state index in [-0.39, 0.29) is 0 Å². The highest BCUT2D eigenvalue weighted by atomic mass is 28.3. The molecule has 1 aliphatic heterocycles. The Morgan fingerprint density at radius 2 is 1.32 bits per heavy atom. The first kappa shape index (κ1) is 26.4. The van der Waals surface area contributed by atoms with Gasteiger partial charge in [0.05, 0.1) is 16.7 Å². The summed E-state index contributed by atoms with van der Waals surface area (Å²) in [5.74, 6) is 0.766. The van der Waals surface area contributed by atoms with E-state index in [1.54, 1.807) is 0 Å². The molecule has 6 aromatic carbocycles. The van der Waals surface area contributed by atoms with Crippen LogP contribution in [0, 0.1) is 0 Å². The third-order valence-corrected chi connectivity index (χ3v) is 13.3. The van der Waals surface area contributed by atoms with Crippen molar-refractivity contribution in [2.24, 2.45) is 0 Å². The van der Waals surface area contributed by atoms with Gasteiger partial charge in [0.25, 0.3) is 0 Å². The van der Waals surface area contributed by atoms with Crippen LogP contribution in [0.1, 0.15) is 0 Å². The molecule has 0 spiro atoms. The summed E-state index contributed by atoms with van der Waals surface area (Å²) in [5.41, 5.74) is 10.8. The van der Waals surface area contributed by atoms with E-state index in [2.05, 4.69) is 145 Å². The van der Waals surface area contributed by atoms with Crippen molar-refractivity contribution in [3.05, 3.63) is 140 Å². The SMILES string of the molecule is C[Si]1(C)c2ccccc2-c2c(-c3ccccc3)nc(-c3cccc(-n4c5ccccc5c5c6c(ccc54)oc4ccccc46)c3)nc21. The molecule has 4 heterocycles. The van der Waals surface area contributed by atoms with Gasteiger partial charge < -0.3 is 8.98 Å². The Labute approximate surface area is 272 Å². The minimum absolute atomic E-state index is 0.766. The van der Waals surface area contributed by atoms with E-state index in [9.17, 15) is 0 Å². The molecular weight excluding hydrogens is 591 g/mol. The van der Waals surface area contributed by atoms with Crippen molar-refractivity contribution in [1.82, 2.24) is 14.5 Å². The monoisotopic (exact) mass is 619 g/mol. The van der Waals surface area contributed by atoms with Crippen LogP contribution in [0.2, 0.25) is 13.1 Å². The van der Waals surface area contributed by atoms with Gasteiger partial charge in [-0.25, -0.2) is 9.97 Å². The molecule has 0 radical (unpaired) electrons. The molecular formula is C42H29N3OSi. The normalized spacial score (nSPS) is 13.5. The van der Waals surface area contributed by atoms with Crippen molar-refractivity contribution >= 4 is 62.3 Å². The maximum atomic E-state index is 6.30. The van der Waals surface area contributed by atoms with E-state index in [0.717, 1.165) is 61.3 Å². The quantitative estimate of drug-likeness (QED) is 0.185. The van der Waals surface area contributed by atoms with E-state index in [0.29, 0.717) is 0 Å². The molecule has 0 unspecified atom stereocenters. The molecule has 0 saturated heterocycles. The van der Waals surface area contributed by atoms with Gasteiger partial charge in [-0.05, 0) is 47.1 Å². The zero-order valence-corrected chi connectivity index (χ0v) is 27.0. The molecule has 0 aliphatic carbocycles. The second kappa shape index (κ2) is 9.61. The lowest BCUT2D eigenvalue weighted by Gasteiger charge is -2.19. The van der Waals surface area contributed by atoms with Crippen molar-refractivity contribution in [1.29, 1.82) is 0 Å². The molecule has 0 saturated carbocycles. The lowest BCUT2D eigenvalue weighted by atomic mass is 10.0. The lowest BCUT2D eigenvalue weighted by molar-refractivity contribution is 0.669. The van der Waals surface area contributed by atoms with Crippen LogP contribution in [-0.2, 0) is 0 Å². The Balaban J connectivity index is 1.23. The number of hydrogen-bond acceptors (Lipinski definition) is 3. The lowest BCUT2D eigenvalue weighted by Crippen LogP contribution is -2.50. The summed E-state index contributed by atoms with van der Waals surface area (Å²) in [7, 11) is -2.06. The Bertz CT molecular complexity index is 2720. The van der Waals surface area contributed by atoms with Crippen LogP contribution in [0.4, 0.5) is 0 Å². The molecule has 47 heavy (non-hydrogen) atoms. The molecule has 10 rings (SSSR count). The van der Waals surface area contributed by atoms with Gasteiger partial charge in [-0.1, -0.05) is 116 Å². The predicted molar refractivity (Wildman–Crippen MR) is 197 cm³/mol. The van der Waals surface area contributed by atoms with E-state index < -0.39 is 8.07 Å². The molecule has 222 valence electrons. The van der Waals surface area contributed by atoms with Crippen LogP contribution in [0.25, 0.3) is 83.2 Å². The summed E-state index contributed by atoms with van der Waals surface area (Å²) in [6.45, 7) is 4.83. The first-order valence-corrected chi connectivity index (χ1v) is 19.1. The topological polar surface area (TPSA) is 43.9 Å². The van der Waals surface area contributed by atoms with Crippen molar-refractivity contribution in [3.8, 4) is 39.5 Å². The van der Waals surface area contributed by atoms with Crippen molar-refractivity contribution < 1.29 is 4.42 Å². The molecule has 0 amide bonds. The number of hydrogen-bond donors (Lipinski definition) is 0. The summed E-state index contributed by atoms with van der Waals surface area (Å²) in [4.78, 5) is 10.8. The maximum absolute atomic E-state index is 6.30. The van der Waals surface area contributed by atoms with Crippen LogP contribution in [0.15, 0.2) is 144 Å². The van der Waals surface area contributed by atoms with Crippen molar-refractivity contribution in [2.75, 3.05) is 0 Å². The van der Waals surface area contributed by atoms with Gasteiger partial charge in [0.2, 0.25) is 0 Å². The molecule has 3 aromatic heterocycles. The third kappa shape index (κ3) is 3.69. The average Bonchev–Trinajstić information content (AvgIpc) is 3.74. The number of benzene rings is 6. The van der Waals surface area contributed by atoms with Crippen LogP contribution < -0.4 is 10.5 Å². The summed E-state index contributed by atoms with van der Waals surface area (Å²) in [6, 6.07) is 49.4. The predicted octanol–water partition coefficient (Wildman–Crippen LogP) is 9.61. The molecule has 0 fully saturated rings. The number of nitrogens with zero attached hydrogens (tertiary/aromatic N) is 3. The van der Waals surface area contributed by atoms with Crippen molar-refractivity contribution in [2.45, 2.75) is 13.1 Å². The van der Waals surface area contributed by atoms with Crippen LogP contribution in [-0.4, -0.2) is 22.6 Å². The Morgan fingerprint density at radius 3 is 2.21 bits per heavy atom. The first-order chi connectivity index (χ1) is 23.1. The smallest absolute Gasteiger partial charge is 0.159 e. The third-order valence-electron chi connectivity index (χ3n) is 9.96. The zero-order valence-electron chi connectivity index (χ0n) is 26.0. The fourth-order valence-corrected chi connectivity index (χ4v) is 10.7. The van der Waals surface area contributed by atoms with Gasteiger partial charge in [-0.2, -0.15) is 0 Å². The molecule has 4 nitrogen and oxygen atoms in total. The van der Waals surface area contributed by atoms with Gasteiger partial charge in [0.1, 0.15) is 19.2 Å². The Kier molecular flexibility index (Phi) is 5.41. The first-order valence-electron chi connectivity index (χ1n) is 16.1. The highest BCUT2D eigenvalue weighted by Crippen LogP contribution is 2.42. The zero-order chi connectivity index (χ0) is 31.3. The Hall–Kier alpha value is -5.78. The fourth-order valence-electron chi connectivity index (χ4n) is 7.81. The summed E-state index contributed by atoms with van der Waals surface area (Å²) in [6.07, 6.45) is 0. The summed E-state index contributed by atoms with van der Waals surface area (Å²) < 4.78 is 8.67. The number of aromatic nitrogens is 3. The fraction of sp³-hybridized carbons (Fsp3) is 0.0476. The molecule has 0 bridgehead atoms. The van der Waals surface area contributed by atoms with Gasteiger partial charge in [-0.15, -0.1) is 0 Å². The van der Waals surface area contributed by atoms with Crippen molar-refractivity contribution in [3.63, 3.8) is 0 Å². The second-order valence-corrected chi connectivity index (χ2v) is 17.3. The number of rotatable bonds is 3. The van der Waals surface area contributed by atoms with Gasteiger partial charge >= 0.3 is 0 Å². The Morgan fingerprint density at radius 1 is 0.574 bits per heavy atom. The molecule has 0 atom stereocenters. The summed E-state index contributed by atoms with van der Waals surface area (Å²) in [5, 5.41) is 7.34. The number of furan rings is 1. The van der Waals surface area contributed by atoms with E-state index in [4.69, 9.17) is 14.4 Å². The standard InChI is InChI=1S/C42H29N3OSi/c1-47(2)36-22-11-8-19-31(36)39-40(26-13-4-3-5-14-26)43-41(44-42(39)47)27-15-12-16-28(25-27)45-32-20-9-6-17-29(32)37-33(45)23-24-35-38(37)30-18-7-10-21-34(30)46-35/h3-25H,1-2H3. The number of para-hydroxylation sites is 2. The molecule has 1 aliphatic rings. The van der Waals surface area contributed by atoms with Gasteiger partial charge in [0, 0.05) is 49.2 Å². The number of fused-ring (bicyclic) bond motifs is 10. The minimum Gasteiger partial charge on any atom is -0.456 e. The molecule has 5 heteroatoms. The largest absolute Gasteiger partial charge is 0.456 e. The van der Waals surface area contributed by atoms with E-state index in [1.807, 2.05) is 12.1 Å². The average molecular weight is 620 g/mol. The molecule has 9 aromatic rings. The highest BCUT2D eigenvalue weighted by molar-refractivity contribution is 7.03. The van der Waals surface area contributed by atoms with Crippen LogP contribution >= 0.6 is 0 Å². The van der Waals surface area contributed by atoms with Crippen LogP contribution in [0.5, 0.6) is 0 Å². The van der Waals surface area contributed by atoms with Crippen LogP contribution in [0.3, 0.4) is 0 Å². The summed E-state index contributed by atoms with van der Waals surface area (Å²) >= 11 is 0. The van der Waals surface area contributed by atoms with E-state index >= 15 is 0 Å². The molecule has 0 N–H and O–H groups in total. The minimum atomic E-state index is -2.06. The maximum Gasteiger partial charge on any atom is 0.159 e. The second-order valence-electron chi connectivity index (χ2n) is 13.0. The van der Waals surface area contributed by atoms with Gasteiger partial charge in [-0.3, -0.25) is 0 Å². The highest BCUT2D eigenvalue weighted by Gasteiger charge is 2.41.